The highest BCUT2D eigenvalue weighted by atomic mass is 16.3. The van der Waals surface area contributed by atoms with Gasteiger partial charge in [0.2, 0.25) is 0 Å². The molecule has 54 heavy (non-hydrogen) atoms. The van der Waals surface area contributed by atoms with Crippen LogP contribution in [0.5, 0.6) is 0 Å². The van der Waals surface area contributed by atoms with Gasteiger partial charge >= 0.3 is 0 Å². The summed E-state index contributed by atoms with van der Waals surface area (Å²) in [4.78, 5) is 2.37. The van der Waals surface area contributed by atoms with E-state index in [1.165, 1.54) is 38.6 Å². The predicted octanol–water partition coefficient (Wildman–Crippen LogP) is 14.9. The third kappa shape index (κ3) is 5.71. The zero-order valence-corrected chi connectivity index (χ0v) is 29.6. The summed E-state index contributed by atoms with van der Waals surface area (Å²) in [5, 5.41) is 4.73. The molecular formula is C52H35NO. The van der Waals surface area contributed by atoms with E-state index in [-0.39, 0.29) is 0 Å². The first-order valence-electron chi connectivity index (χ1n) is 18.4. The molecule has 0 aliphatic heterocycles. The van der Waals surface area contributed by atoms with Crippen LogP contribution >= 0.6 is 0 Å². The van der Waals surface area contributed by atoms with Crippen LogP contribution in [0.15, 0.2) is 217 Å². The topological polar surface area (TPSA) is 16.4 Å². The smallest absolute Gasteiger partial charge is 0.137 e. The lowest BCUT2D eigenvalue weighted by atomic mass is 9.95. The molecule has 2 heteroatoms. The number of hydrogen-bond donors (Lipinski definition) is 0. The van der Waals surface area contributed by atoms with E-state index in [0.717, 1.165) is 55.7 Å². The minimum absolute atomic E-state index is 0.863. The number of anilines is 3. The van der Waals surface area contributed by atoms with Crippen molar-refractivity contribution < 1.29 is 4.42 Å². The van der Waals surface area contributed by atoms with Gasteiger partial charge in [0, 0.05) is 33.8 Å². The Balaban J connectivity index is 1.12. The number of nitrogens with zero attached hydrogens (tertiary/aromatic N) is 1. The van der Waals surface area contributed by atoms with E-state index < -0.39 is 0 Å². The lowest BCUT2D eigenvalue weighted by molar-refractivity contribution is 0.669. The van der Waals surface area contributed by atoms with Crippen molar-refractivity contribution in [1.29, 1.82) is 0 Å². The van der Waals surface area contributed by atoms with Gasteiger partial charge in [-0.15, -0.1) is 0 Å². The molecule has 0 fully saturated rings. The lowest BCUT2D eigenvalue weighted by Gasteiger charge is -2.28. The van der Waals surface area contributed by atoms with E-state index in [9.17, 15) is 0 Å². The first-order chi connectivity index (χ1) is 26.8. The SMILES string of the molecule is c1ccc(-c2ccc(-c3ccccc3N(c3cccc(-c4cccc(-c5cccc6ccccc56)c4)c3)c3ccc4c(c3)oc3ccccc34)cc2)cc1. The molecule has 2 nitrogen and oxygen atoms in total. The molecule has 254 valence electrons. The summed E-state index contributed by atoms with van der Waals surface area (Å²) in [6.45, 7) is 0. The third-order valence-corrected chi connectivity index (χ3v) is 10.5. The quantitative estimate of drug-likeness (QED) is 0.166. The fourth-order valence-corrected chi connectivity index (χ4v) is 7.83. The summed E-state index contributed by atoms with van der Waals surface area (Å²) in [6, 6.07) is 75.9. The van der Waals surface area contributed by atoms with E-state index in [0.29, 0.717) is 0 Å². The Bertz CT molecular complexity index is 2930. The molecule has 10 rings (SSSR count). The monoisotopic (exact) mass is 689 g/mol. The van der Waals surface area contributed by atoms with Gasteiger partial charge in [-0.1, -0.05) is 164 Å². The molecule has 0 unspecified atom stereocenters. The molecule has 0 bridgehead atoms. The first-order valence-corrected chi connectivity index (χ1v) is 18.4. The van der Waals surface area contributed by atoms with Crippen molar-refractivity contribution in [2.45, 2.75) is 0 Å². The van der Waals surface area contributed by atoms with Gasteiger partial charge in [0.1, 0.15) is 11.2 Å². The van der Waals surface area contributed by atoms with Crippen molar-refractivity contribution in [3.63, 3.8) is 0 Å². The average Bonchev–Trinajstić information content (AvgIpc) is 3.62. The summed E-state index contributed by atoms with van der Waals surface area (Å²) in [5.74, 6) is 0. The maximum Gasteiger partial charge on any atom is 0.137 e. The van der Waals surface area contributed by atoms with E-state index in [1.54, 1.807) is 0 Å². The van der Waals surface area contributed by atoms with Crippen molar-refractivity contribution in [1.82, 2.24) is 0 Å². The maximum atomic E-state index is 6.44. The number of rotatable bonds is 7. The highest BCUT2D eigenvalue weighted by molar-refractivity contribution is 6.06. The summed E-state index contributed by atoms with van der Waals surface area (Å²) >= 11 is 0. The molecule has 0 aliphatic rings. The Morgan fingerprint density at radius 1 is 0.296 bits per heavy atom. The highest BCUT2D eigenvalue weighted by Gasteiger charge is 2.20. The molecular weight excluding hydrogens is 655 g/mol. The van der Waals surface area contributed by atoms with Gasteiger partial charge in [0.15, 0.2) is 0 Å². The Labute approximate surface area is 314 Å². The van der Waals surface area contributed by atoms with Gasteiger partial charge in [-0.25, -0.2) is 0 Å². The second kappa shape index (κ2) is 13.4. The molecule has 0 N–H and O–H groups in total. The van der Waals surface area contributed by atoms with Crippen molar-refractivity contribution in [3.05, 3.63) is 212 Å². The second-order valence-electron chi connectivity index (χ2n) is 13.7. The molecule has 9 aromatic carbocycles. The maximum absolute atomic E-state index is 6.44. The zero-order valence-electron chi connectivity index (χ0n) is 29.6. The minimum Gasteiger partial charge on any atom is -0.456 e. The Kier molecular flexibility index (Phi) is 7.85. The van der Waals surface area contributed by atoms with Crippen LogP contribution in [0.3, 0.4) is 0 Å². The third-order valence-electron chi connectivity index (χ3n) is 10.5. The van der Waals surface area contributed by atoms with Crippen LogP contribution in [0.1, 0.15) is 0 Å². The largest absolute Gasteiger partial charge is 0.456 e. The van der Waals surface area contributed by atoms with Crippen LogP contribution in [-0.4, -0.2) is 0 Å². The van der Waals surface area contributed by atoms with Gasteiger partial charge in [0.05, 0.1) is 5.69 Å². The Morgan fingerprint density at radius 2 is 0.870 bits per heavy atom. The van der Waals surface area contributed by atoms with Gasteiger partial charge in [-0.3, -0.25) is 0 Å². The average molecular weight is 690 g/mol. The van der Waals surface area contributed by atoms with E-state index in [4.69, 9.17) is 4.42 Å². The van der Waals surface area contributed by atoms with Gasteiger partial charge in [-0.05, 0) is 92.2 Å². The number of benzene rings is 9. The molecule has 1 aromatic heterocycles. The van der Waals surface area contributed by atoms with Crippen LogP contribution in [0.4, 0.5) is 17.1 Å². The number of fused-ring (bicyclic) bond motifs is 4. The van der Waals surface area contributed by atoms with Gasteiger partial charge < -0.3 is 9.32 Å². The fraction of sp³-hybridized carbons (Fsp3) is 0. The molecule has 0 radical (unpaired) electrons. The minimum atomic E-state index is 0.863. The number of furan rings is 1. The van der Waals surface area contributed by atoms with E-state index in [1.807, 2.05) is 12.1 Å². The highest BCUT2D eigenvalue weighted by Crippen LogP contribution is 2.44. The van der Waals surface area contributed by atoms with E-state index >= 15 is 0 Å². The summed E-state index contributed by atoms with van der Waals surface area (Å²) in [6.07, 6.45) is 0. The summed E-state index contributed by atoms with van der Waals surface area (Å²) in [7, 11) is 0. The number of para-hydroxylation sites is 2. The molecule has 0 aliphatic carbocycles. The zero-order chi connectivity index (χ0) is 35.8. The van der Waals surface area contributed by atoms with Crippen LogP contribution in [0.25, 0.3) is 77.2 Å². The van der Waals surface area contributed by atoms with Gasteiger partial charge in [0.25, 0.3) is 0 Å². The molecule has 0 spiro atoms. The summed E-state index contributed by atoms with van der Waals surface area (Å²) in [5.41, 5.74) is 14.4. The van der Waals surface area contributed by atoms with Crippen LogP contribution in [0, 0.1) is 0 Å². The fourth-order valence-electron chi connectivity index (χ4n) is 7.83. The molecule has 0 saturated carbocycles. The van der Waals surface area contributed by atoms with Crippen LogP contribution in [0.2, 0.25) is 0 Å². The van der Waals surface area contributed by atoms with Crippen LogP contribution < -0.4 is 4.90 Å². The normalized spacial score (nSPS) is 11.3. The van der Waals surface area contributed by atoms with Crippen molar-refractivity contribution in [2.75, 3.05) is 4.90 Å². The van der Waals surface area contributed by atoms with Crippen molar-refractivity contribution >= 4 is 49.8 Å². The van der Waals surface area contributed by atoms with Gasteiger partial charge in [-0.2, -0.15) is 0 Å². The summed E-state index contributed by atoms with van der Waals surface area (Å²) < 4.78 is 6.44. The Hall–Kier alpha value is -7.16. The van der Waals surface area contributed by atoms with Crippen LogP contribution in [-0.2, 0) is 0 Å². The first kappa shape index (κ1) is 31.6. The van der Waals surface area contributed by atoms with E-state index in [2.05, 4.69) is 205 Å². The second-order valence-corrected chi connectivity index (χ2v) is 13.7. The molecule has 0 atom stereocenters. The molecule has 0 amide bonds. The molecule has 1 heterocycles. The lowest BCUT2D eigenvalue weighted by Crippen LogP contribution is -2.11. The standard InChI is InChI=1S/C52H35NO/c1-2-13-36(14-3-1)37-27-29-39(30-28-37)47-22-6-8-25-50(47)53(44-31-32-49-48-23-7-9-26-51(48)54-52(49)35-44)43-20-11-18-41(34-43)40-17-10-19-42(33-40)46-24-12-16-38-15-4-5-21-45(38)46/h1-35H. The number of hydrogen-bond acceptors (Lipinski definition) is 2. The van der Waals surface area contributed by atoms with Crippen molar-refractivity contribution in [3.8, 4) is 44.5 Å². The molecule has 10 aromatic rings. The van der Waals surface area contributed by atoms with Crippen molar-refractivity contribution in [2.24, 2.45) is 0 Å². The predicted molar refractivity (Wildman–Crippen MR) is 228 cm³/mol. The Morgan fingerprint density at radius 3 is 1.76 bits per heavy atom. The molecule has 0 saturated heterocycles.